The quantitative estimate of drug-likeness (QED) is 0.567. The van der Waals surface area contributed by atoms with Crippen LogP contribution in [0.3, 0.4) is 0 Å². The van der Waals surface area contributed by atoms with Gasteiger partial charge in [-0.05, 0) is 26.0 Å². The van der Waals surface area contributed by atoms with E-state index in [1.165, 1.54) is 0 Å². The third kappa shape index (κ3) is 4.20. The van der Waals surface area contributed by atoms with E-state index in [1.807, 2.05) is 44.0 Å². The van der Waals surface area contributed by atoms with Crippen LogP contribution in [0.5, 0.6) is 17.2 Å². The summed E-state index contributed by atoms with van der Waals surface area (Å²) in [6.45, 7) is 7.36. The highest BCUT2D eigenvalue weighted by molar-refractivity contribution is 5.98. The van der Waals surface area contributed by atoms with Crippen molar-refractivity contribution in [2.75, 3.05) is 47.5 Å². The summed E-state index contributed by atoms with van der Waals surface area (Å²) in [5.41, 5.74) is 4.08. The molecule has 2 aromatic heterocycles. The van der Waals surface area contributed by atoms with E-state index in [1.54, 1.807) is 26.0 Å². The smallest absolute Gasteiger partial charge is 0.255 e. The summed E-state index contributed by atoms with van der Waals surface area (Å²) in [4.78, 5) is 22.1. The predicted octanol–water partition coefficient (Wildman–Crippen LogP) is 2.57. The number of aromatic nitrogens is 3. The Labute approximate surface area is 193 Å². The maximum atomic E-state index is 13.3. The first-order valence-electron chi connectivity index (χ1n) is 11.0. The molecule has 3 heterocycles. The van der Waals surface area contributed by atoms with Gasteiger partial charge >= 0.3 is 0 Å². The van der Waals surface area contributed by atoms with Crippen LogP contribution in [0, 0.1) is 13.8 Å². The molecule has 1 aliphatic rings. The number of pyridine rings is 1. The van der Waals surface area contributed by atoms with Gasteiger partial charge in [0.2, 0.25) is 5.75 Å². The fraction of sp³-hybridized carbons (Fsp3) is 0.458. The molecule has 0 atom stereocenters. The highest BCUT2D eigenvalue weighted by Gasteiger charge is 2.26. The molecule has 0 spiro atoms. The highest BCUT2D eigenvalue weighted by atomic mass is 16.5. The van der Waals surface area contributed by atoms with Gasteiger partial charge < -0.3 is 19.1 Å². The van der Waals surface area contributed by atoms with E-state index in [9.17, 15) is 4.79 Å². The van der Waals surface area contributed by atoms with Crippen molar-refractivity contribution in [2.24, 2.45) is 7.05 Å². The van der Waals surface area contributed by atoms with E-state index in [4.69, 9.17) is 14.2 Å². The Kier molecular flexibility index (Phi) is 6.42. The lowest BCUT2D eigenvalue weighted by atomic mass is 10.1. The molecule has 9 nitrogen and oxygen atoms in total. The monoisotopic (exact) mass is 453 g/mol. The van der Waals surface area contributed by atoms with Crippen LogP contribution in [0.15, 0.2) is 18.2 Å². The first kappa shape index (κ1) is 22.8. The van der Waals surface area contributed by atoms with Crippen molar-refractivity contribution in [3.05, 3.63) is 40.7 Å². The maximum absolute atomic E-state index is 13.3. The number of aryl methyl sites for hydroxylation is 3. The number of piperazine rings is 1. The standard InChI is InChI=1S/C24H31N5O4/c1-15-19(13-18-16(2)26-27(3)23(18)25-15)24(30)29-11-9-28(10-12-29)14-17-7-8-20(31-4)22(33-6)21(17)32-5/h7-8,13H,9-12,14H2,1-6H3. The second-order valence-corrected chi connectivity index (χ2v) is 8.26. The average molecular weight is 454 g/mol. The largest absolute Gasteiger partial charge is 0.493 e. The van der Waals surface area contributed by atoms with Gasteiger partial charge in [-0.3, -0.25) is 14.4 Å². The Balaban J connectivity index is 1.46. The van der Waals surface area contributed by atoms with Gasteiger partial charge in [0.05, 0.1) is 38.3 Å². The molecule has 0 aliphatic carbocycles. The number of benzene rings is 1. The molecule has 33 heavy (non-hydrogen) atoms. The summed E-state index contributed by atoms with van der Waals surface area (Å²) in [5.74, 6) is 1.93. The minimum absolute atomic E-state index is 0.0218. The Bertz CT molecular complexity index is 1180. The van der Waals surface area contributed by atoms with Crippen LogP contribution < -0.4 is 14.2 Å². The lowest BCUT2D eigenvalue weighted by molar-refractivity contribution is 0.0626. The van der Waals surface area contributed by atoms with E-state index >= 15 is 0 Å². The highest BCUT2D eigenvalue weighted by Crippen LogP contribution is 2.40. The van der Waals surface area contributed by atoms with Crippen LogP contribution in [-0.2, 0) is 13.6 Å². The molecule has 0 radical (unpaired) electrons. The number of ether oxygens (including phenoxy) is 3. The van der Waals surface area contributed by atoms with E-state index in [0.29, 0.717) is 42.4 Å². The number of nitrogens with zero attached hydrogens (tertiary/aromatic N) is 5. The summed E-state index contributed by atoms with van der Waals surface area (Å²) in [7, 11) is 6.72. The first-order valence-corrected chi connectivity index (χ1v) is 11.0. The number of hydrogen-bond donors (Lipinski definition) is 0. The zero-order chi connectivity index (χ0) is 23.7. The van der Waals surface area contributed by atoms with Crippen molar-refractivity contribution in [3.63, 3.8) is 0 Å². The molecular formula is C24H31N5O4. The van der Waals surface area contributed by atoms with E-state index < -0.39 is 0 Å². The molecule has 9 heteroatoms. The fourth-order valence-corrected chi connectivity index (χ4v) is 4.46. The number of amides is 1. The zero-order valence-corrected chi connectivity index (χ0v) is 20.1. The molecule has 1 amide bonds. The Hall–Kier alpha value is -3.33. The fourth-order valence-electron chi connectivity index (χ4n) is 4.46. The maximum Gasteiger partial charge on any atom is 0.255 e. The first-order chi connectivity index (χ1) is 15.9. The van der Waals surface area contributed by atoms with Crippen LogP contribution in [-0.4, -0.2) is 78.0 Å². The Morgan fingerprint density at radius 3 is 2.30 bits per heavy atom. The average Bonchev–Trinajstić information content (AvgIpc) is 3.10. The topological polar surface area (TPSA) is 82.0 Å². The van der Waals surface area contributed by atoms with Gasteiger partial charge in [-0.15, -0.1) is 0 Å². The molecule has 0 N–H and O–H groups in total. The number of carbonyl (C=O) groups excluding carboxylic acids is 1. The van der Waals surface area contributed by atoms with Crippen molar-refractivity contribution in [2.45, 2.75) is 20.4 Å². The molecule has 1 aliphatic heterocycles. The number of fused-ring (bicyclic) bond motifs is 1. The van der Waals surface area contributed by atoms with E-state index in [0.717, 1.165) is 41.1 Å². The molecule has 1 saturated heterocycles. The van der Waals surface area contributed by atoms with E-state index in [-0.39, 0.29) is 5.91 Å². The second-order valence-electron chi connectivity index (χ2n) is 8.26. The van der Waals surface area contributed by atoms with Gasteiger partial charge in [0.1, 0.15) is 0 Å². The minimum Gasteiger partial charge on any atom is -0.493 e. The molecule has 0 bridgehead atoms. The van der Waals surface area contributed by atoms with Gasteiger partial charge in [0.15, 0.2) is 17.1 Å². The number of hydrogen-bond acceptors (Lipinski definition) is 7. The van der Waals surface area contributed by atoms with Gasteiger partial charge in [0, 0.05) is 50.7 Å². The van der Waals surface area contributed by atoms with Gasteiger partial charge in [0.25, 0.3) is 5.91 Å². The van der Waals surface area contributed by atoms with Gasteiger partial charge in [-0.25, -0.2) is 4.98 Å². The zero-order valence-electron chi connectivity index (χ0n) is 20.1. The third-order valence-corrected chi connectivity index (χ3v) is 6.26. The summed E-state index contributed by atoms with van der Waals surface area (Å²) >= 11 is 0. The van der Waals surface area contributed by atoms with Crippen LogP contribution >= 0.6 is 0 Å². The summed E-state index contributed by atoms with van der Waals surface area (Å²) in [6.07, 6.45) is 0. The summed E-state index contributed by atoms with van der Waals surface area (Å²) < 4.78 is 18.3. The van der Waals surface area contributed by atoms with E-state index in [2.05, 4.69) is 15.0 Å². The lowest BCUT2D eigenvalue weighted by Crippen LogP contribution is -2.48. The molecule has 3 aromatic rings. The Morgan fingerprint density at radius 1 is 0.970 bits per heavy atom. The van der Waals surface area contributed by atoms with Gasteiger partial charge in [-0.2, -0.15) is 5.10 Å². The van der Waals surface area contributed by atoms with Crippen molar-refractivity contribution < 1.29 is 19.0 Å². The lowest BCUT2D eigenvalue weighted by Gasteiger charge is -2.35. The van der Waals surface area contributed by atoms with Crippen molar-refractivity contribution in [1.82, 2.24) is 24.6 Å². The van der Waals surface area contributed by atoms with Crippen LogP contribution in [0.2, 0.25) is 0 Å². The Morgan fingerprint density at radius 2 is 1.67 bits per heavy atom. The third-order valence-electron chi connectivity index (χ3n) is 6.26. The normalized spacial score (nSPS) is 14.5. The second kappa shape index (κ2) is 9.27. The molecule has 0 unspecified atom stereocenters. The SMILES string of the molecule is COc1ccc(CN2CCN(C(=O)c3cc4c(C)nn(C)c4nc3C)CC2)c(OC)c1OC. The van der Waals surface area contributed by atoms with Crippen LogP contribution in [0.4, 0.5) is 0 Å². The number of carbonyl (C=O) groups is 1. The number of rotatable bonds is 6. The molecule has 1 aromatic carbocycles. The van der Waals surface area contributed by atoms with Crippen LogP contribution in [0.1, 0.15) is 27.3 Å². The van der Waals surface area contributed by atoms with Crippen molar-refractivity contribution in [1.29, 1.82) is 0 Å². The predicted molar refractivity (Wildman–Crippen MR) is 125 cm³/mol. The van der Waals surface area contributed by atoms with Crippen molar-refractivity contribution in [3.8, 4) is 17.2 Å². The van der Waals surface area contributed by atoms with Crippen LogP contribution in [0.25, 0.3) is 11.0 Å². The minimum atomic E-state index is 0.0218. The molecule has 176 valence electrons. The van der Waals surface area contributed by atoms with Gasteiger partial charge in [-0.1, -0.05) is 6.07 Å². The molecule has 1 fully saturated rings. The summed E-state index contributed by atoms with van der Waals surface area (Å²) in [6, 6.07) is 5.82. The summed E-state index contributed by atoms with van der Waals surface area (Å²) in [5, 5.41) is 5.35. The molecule has 4 rings (SSSR count). The van der Waals surface area contributed by atoms with Crippen molar-refractivity contribution >= 4 is 16.9 Å². The number of methoxy groups -OCH3 is 3. The molecular weight excluding hydrogens is 422 g/mol. The molecule has 0 saturated carbocycles.